The van der Waals surface area contributed by atoms with E-state index in [2.05, 4.69) is 4.72 Å². The highest BCUT2D eigenvalue weighted by Gasteiger charge is 2.29. The molecule has 8 heteroatoms. The average Bonchev–Trinajstić information content (AvgIpc) is 3.01. The maximum Gasteiger partial charge on any atom is 0.279 e. The van der Waals surface area contributed by atoms with Gasteiger partial charge in [-0.3, -0.25) is 0 Å². The Bertz CT molecular complexity index is 540. The zero-order valence-corrected chi connectivity index (χ0v) is 13.8. The van der Waals surface area contributed by atoms with Crippen molar-refractivity contribution >= 4 is 10.2 Å². The zero-order valence-electron chi connectivity index (χ0n) is 12.9. The number of aliphatic hydroxyl groups is 1. The summed E-state index contributed by atoms with van der Waals surface area (Å²) in [5, 5.41) is 10.0. The van der Waals surface area contributed by atoms with Crippen LogP contribution in [0, 0.1) is 0 Å². The molecule has 7 nitrogen and oxygen atoms in total. The Morgan fingerprint density at radius 3 is 2.73 bits per heavy atom. The second-order valence-electron chi connectivity index (χ2n) is 5.65. The molecule has 0 saturated carbocycles. The van der Waals surface area contributed by atoms with Crippen LogP contribution in [0.1, 0.15) is 38.1 Å². The second kappa shape index (κ2) is 7.56. The van der Waals surface area contributed by atoms with E-state index in [0.717, 1.165) is 0 Å². The molecule has 2 N–H and O–H groups in total. The predicted octanol–water partition coefficient (Wildman–Crippen LogP) is 1.04. The normalized spacial score (nSPS) is 20.2. The monoisotopic (exact) mass is 332 g/mol. The maximum absolute atomic E-state index is 12.4. The van der Waals surface area contributed by atoms with Crippen molar-refractivity contribution < 1.29 is 22.7 Å². The molecule has 0 spiro atoms. The fourth-order valence-electron chi connectivity index (χ4n) is 2.56. The third kappa shape index (κ3) is 4.53. The molecule has 2 heterocycles. The first-order valence-electron chi connectivity index (χ1n) is 7.44. The van der Waals surface area contributed by atoms with Crippen molar-refractivity contribution in [1.29, 1.82) is 0 Å². The fraction of sp³-hybridized carbons (Fsp3) is 0.714. The van der Waals surface area contributed by atoms with Crippen LogP contribution < -0.4 is 4.72 Å². The van der Waals surface area contributed by atoms with Gasteiger partial charge in [0.2, 0.25) is 0 Å². The van der Waals surface area contributed by atoms with Crippen LogP contribution in [-0.2, 0) is 14.9 Å². The zero-order chi connectivity index (χ0) is 16.2. The van der Waals surface area contributed by atoms with Gasteiger partial charge in [-0.05, 0) is 38.3 Å². The Morgan fingerprint density at radius 2 is 2.14 bits per heavy atom. The van der Waals surface area contributed by atoms with Gasteiger partial charge in [0.05, 0.1) is 6.26 Å². The van der Waals surface area contributed by atoms with Gasteiger partial charge in [-0.2, -0.15) is 17.4 Å². The van der Waals surface area contributed by atoms with Crippen LogP contribution in [0.2, 0.25) is 0 Å². The van der Waals surface area contributed by atoms with Crippen molar-refractivity contribution in [1.82, 2.24) is 9.03 Å². The van der Waals surface area contributed by atoms with E-state index >= 15 is 0 Å². The Balaban J connectivity index is 1.89. The quantitative estimate of drug-likeness (QED) is 0.778. The van der Waals surface area contributed by atoms with Gasteiger partial charge < -0.3 is 14.3 Å². The van der Waals surface area contributed by atoms with Crippen LogP contribution in [-0.4, -0.2) is 50.2 Å². The highest BCUT2D eigenvalue weighted by atomic mass is 32.2. The molecular formula is C14H24N2O5S. The first kappa shape index (κ1) is 17.4. The number of furan rings is 1. The van der Waals surface area contributed by atoms with E-state index in [0.29, 0.717) is 31.8 Å². The van der Waals surface area contributed by atoms with Gasteiger partial charge >= 0.3 is 0 Å². The summed E-state index contributed by atoms with van der Waals surface area (Å²) >= 11 is 0. The third-order valence-electron chi connectivity index (χ3n) is 3.88. The van der Waals surface area contributed by atoms with Gasteiger partial charge in [-0.25, -0.2) is 0 Å². The van der Waals surface area contributed by atoms with E-state index in [1.54, 1.807) is 26.1 Å². The van der Waals surface area contributed by atoms with Crippen molar-refractivity contribution in [2.24, 2.45) is 0 Å². The summed E-state index contributed by atoms with van der Waals surface area (Å²) < 4.78 is 39.1. The summed E-state index contributed by atoms with van der Waals surface area (Å²) in [5.41, 5.74) is 0. The number of rotatable bonds is 7. The standard InChI is InChI=1S/C14H24N2O5S/c1-11(10-13(17)14-4-3-7-21-14)15-22(18,19)16(2)12-5-8-20-9-6-12/h3-4,7,11-13,15,17H,5-6,8-10H2,1-2H3/t11-,13-/m0/s1. The largest absolute Gasteiger partial charge is 0.467 e. The van der Waals surface area contributed by atoms with Crippen molar-refractivity contribution in [2.75, 3.05) is 20.3 Å². The molecule has 0 radical (unpaired) electrons. The van der Waals surface area contributed by atoms with Crippen molar-refractivity contribution in [3.63, 3.8) is 0 Å². The lowest BCUT2D eigenvalue weighted by Crippen LogP contribution is -2.48. The fourth-order valence-corrected chi connectivity index (χ4v) is 3.94. The minimum atomic E-state index is -3.59. The summed E-state index contributed by atoms with van der Waals surface area (Å²) in [5.74, 6) is 0.434. The molecule has 0 aromatic carbocycles. The Morgan fingerprint density at radius 1 is 1.45 bits per heavy atom. The second-order valence-corrected chi connectivity index (χ2v) is 7.41. The molecule has 2 atom stereocenters. The molecule has 22 heavy (non-hydrogen) atoms. The topological polar surface area (TPSA) is 92.0 Å². The summed E-state index contributed by atoms with van der Waals surface area (Å²) in [6.07, 6.45) is 2.28. The van der Waals surface area contributed by atoms with E-state index in [-0.39, 0.29) is 12.5 Å². The van der Waals surface area contributed by atoms with Crippen molar-refractivity contribution in [2.45, 2.75) is 44.4 Å². The lowest BCUT2D eigenvalue weighted by atomic mass is 10.1. The molecule has 1 aliphatic heterocycles. The van der Waals surface area contributed by atoms with Crippen LogP contribution in [0.25, 0.3) is 0 Å². The molecule has 0 unspecified atom stereocenters. The summed E-state index contributed by atoms with van der Waals surface area (Å²) in [6.45, 7) is 2.89. The summed E-state index contributed by atoms with van der Waals surface area (Å²) in [6, 6.07) is 2.90. The van der Waals surface area contributed by atoms with Gasteiger partial charge in [0.15, 0.2) is 0 Å². The highest BCUT2D eigenvalue weighted by Crippen LogP contribution is 2.20. The molecule has 0 aliphatic carbocycles. The average molecular weight is 332 g/mol. The smallest absolute Gasteiger partial charge is 0.279 e. The summed E-state index contributed by atoms with van der Waals surface area (Å²) in [7, 11) is -2.01. The van der Waals surface area contributed by atoms with Gasteiger partial charge in [0, 0.05) is 32.3 Å². The minimum absolute atomic E-state index is 0.0477. The van der Waals surface area contributed by atoms with Crippen LogP contribution in [0.15, 0.2) is 22.8 Å². The van der Waals surface area contributed by atoms with Crippen molar-refractivity contribution in [3.05, 3.63) is 24.2 Å². The number of nitrogens with one attached hydrogen (secondary N) is 1. The van der Waals surface area contributed by atoms with Crippen LogP contribution in [0.5, 0.6) is 0 Å². The SMILES string of the molecule is C[C@@H](C[C@H](O)c1ccco1)NS(=O)(=O)N(C)C1CCOCC1. The van der Waals surface area contributed by atoms with E-state index in [1.807, 2.05) is 0 Å². The highest BCUT2D eigenvalue weighted by molar-refractivity contribution is 7.87. The van der Waals surface area contributed by atoms with Crippen LogP contribution >= 0.6 is 0 Å². The third-order valence-corrected chi connectivity index (χ3v) is 5.64. The first-order chi connectivity index (χ1) is 10.4. The molecule has 1 aromatic rings. The number of hydrogen-bond acceptors (Lipinski definition) is 5. The van der Waals surface area contributed by atoms with E-state index in [1.165, 1.54) is 10.6 Å². The minimum Gasteiger partial charge on any atom is -0.467 e. The molecule has 1 fully saturated rings. The first-order valence-corrected chi connectivity index (χ1v) is 8.88. The van der Waals surface area contributed by atoms with Crippen LogP contribution in [0.4, 0.5) is 0 Å². The molecule has 1 aromatic heterocycles. The molecule has 126 valence electrons. The lowest BCUT2D eigenvalue weighted by molar-refractivity contribution is 0.0627. The van der Waals surface area contributed by atoms with Crippen LogP contribution in [0.3, 0.4) is 0 Å². The van der Waals surface area contributed by atoms with Crippen molar-refractivity contribution in [3.8, 4) is 0 Å². The maximum atomic E-state index is 12.4. The van der Waals surface area contributed by atoms with E-state index in [4.69, 9.17) is 9.15 Å². The van der Waals surface area contributed by atoms with Gasteiger partial charge in [0.1, 0.15) is 11.9 Å². The molecule has 0 bridgehead atoms. The van der Waals surface area contributed by atoms with E-state index < -0.39 is 22.4 Å². The summed E-state index contributed by atoms with van der Waals surface area (Å²) in [4.78, 5) is 0. The number of ether oxygens (including phenoxy) is 1. The number of aliphatic hydroxyl groups excluding tert-OH is 1. The van der Waals surface area contributed by atoms with E-state index in [9.17, 15) is 13.5 Å². The Kier molecular flexibility index (Phi) is 5.99. The molecular weight excluding hydrogens is 308 g/mol. The lowest BCUT2D eigenvalue weighted by Gasteiger charge is -2.31. The molecule has 0 amide bonds. The number of hydrogen-bond donors (Lipinski definition) is 2. The Hall–Kier alpha value is -0.930. The van der Waals surface area contributed by atoms with Gasteiger partial charge in [-0.15, -0.1) is 0 Å². The van der Waals surface area contributed by atoms with Gasteiger partial charge in [-0.1, -0.05) is 0 Å². The molecule has 2 rings (SSSR count). The van der Waals surface area contributed by atoms with Gasteiger partial charge in [0.25, 0.3) is 10.2 Å². The predicted molar refractivity (Wildman–Crippen MR) is 81.4 cm³/mol. The molecule has 1 aliphatic rings. The molecule has 1 saturated heterocycles. The number of nitrogens with zero attached hydrogens (tertiary/aromatic N) is 1. The Labute approximate surface area is 131 Å².